The first-order valence-electron chi connectivity index (χ1n) is 6.40. The largest absolute Gasteiger partial charge is 0.352 e. The molecule has 1 fully saturated rings. The predicted octanol–water partition coefficient (Wildman–Crippen LogP) is 1.60. The molecule has 3 heterocycles. The maximum atomic E-state index is 12.9. The van der Waals surface area contributed by atoms with E-state index in [1.54, 1.807) is 0 Å². The number of hydrogen-bond acceptors (Lipinski definition) is 4. The summed E-state index contributed by atoms with van der Waals surface area (Å²) in [7, 11) is 0. The molecule has 1 aliphatic rings. The van der Waals surface area contributed by atoms with Gasteiger partial charge in [-0.1, -0.05) is 6.07 Å². The predicted molar refractivity (Wildman–Crippen MR) is 75.3 cm³/mol. The zero-order valence-electron chi connectivity index (χ0n) is 11.0. The van der Waals surface area contributed by atoms with Crippen LogP contribution in [-0.2, 0) is 4.79 Å². The number of carbonyl (C=O) groups is 2. The third-order valence-electron chi connectivity index (χ3n) is 3.26. The minimum Gasteiger partial charge on any atom is -0.352 e. The smallest absolute Gasteiger partial charge is 0.256 e. The van der Waals surface area contributed by atoms with Crippen molar-refractivity contribution in [2.24, 2.45) is 0 Å². The van der Waals surface area contributed by atoms with Crippen LogP contribution in [0.15, 0.2) is 35.8 Å². The number of aromatic nitrogens is 1. The molecule has 2 amide bonds. The van der Waals surface area contributed by atoms with Crippen molar-refractivity contribution in [2.45, 2.75) is 6.04 Å². The lowest BCUT2D eigenvalue weighted by Crippen LogP contribution is -2.51. The fourth-order valence-electron chi connectivity index (χ4n) is 2.28. The van der Waals surface area contributed by atoms with Crippen LogP contribution in [0.1, 0.15) is 21.3 Å². The molecule has 108 valence electrons. The van der Waals surface area contributed by atoms with Gasteiger partial charge in [-0.2, -0.15) is 4.39 Å². The van der Waals surface area contributed by atoms with Crippen molar-refractivity contribution in [3.05, 3.63) is 52.2 Å². The maximum Gasteiger partial charge on any atom is 0.256 e. The molecular weight excluding hydrogens is 293 g/mol. The first-order chi connectivity index (χ1) is 10.2. The zero-order valence-corrected chi connectivity index (χ0v) is 11.8. The molecule has 1 aliphatic heterocycles. The van der Waals surface area contributed by atoms with Crippen molar-refractivity contribution in [3.63, 3.8) is 0 Å². The van der Waals surface area contributed by atoms with Crippen LogP contribution in [0.25, 0.3) is 0 Å². The van der Waals surface area contributed by atoms with Gasteiger partial charge in [0.05, 0.1) is 5.56 Å². The molecule has 1 N–H and O–H groups in total. The Kier molecular flexibility index (Phi) is 3.66. The number of piperazine rings is 1. The molecule has 0 spiro atoms. The molecule has 0 unspecified atom stereocenters. The van der Waals surface area contributed by atoms with E-state index >= 15 is 0 Å². The molecule has 0 radical (unpaired) electrons. The Morgan fingerprint density at radius 3 is 2.95 bits per heavy atom. The molecule has 0 bridgehead atoms. The Hall–Kier alpha value is -2.28. The summed E-state index contributed by atoms with van der Waals surface area (Å²) in [6.45, 7) is 0.811. The van der Waals surface area contributed by atoms with E-state index in [2.05, 4.69) is 10.3 Å². The summed E-state index contributed by atoms with van der Waals surface area (Å²) in [5, 5.41) is 4.62. The Morgan fingerprint density at radius 2 is 2.29 bits per heavy atom. The molecule has 3 rings (SSSR count). The van der Waals surface area contributed by atoms with Crippen LogP contribution in [0.2, 0.25) is 0 Å². The van der Waals surface area contributed by atoms with Crippen molar-refractivity contribution < 1.29 is 14.0 Å². The summed E-state index contributed by atoms with van der Waals surface area (Å²) in [5.74, 6) is -1.17. The maximum absolute atomic E-state index is 12.9. The summed E-state index contributed by atoms with van der Waals surface area (Å²) in [5.41, 5.74) is 0.271. The molecule has 0 aromatic carbocycles. The van der Waals surface area contributed by atoms with Crippen LogP contribution in [-0.4, -0.2) is 34.8 Å². The van der Waals surface area contributed by atoms with Crippen molar-refractivity contribution in [1.29, 1.82) is 0 Å². The van der Waals surface area contributed by atoms with Gasteiger partial charge in [0.15, 0.2) is 0 Å². The number of halogens is 1. The van der Waals surface area contributed by atoms with E-state index in [9.17, 15) is 14.0 Å². The molecule has 1 atom stereocenters. The van der Waals surface area contributed by atoms with Crippen molar-refractivity contribution >= 4 is 23.2 Å². The highest BCUT2D eigenvalue weighted by Gasteiger charge is 2.35. The molecule has 7 heteroatoms. The third-order valence-corrected chi connectivity index (χ3v) is 4.18. The van der Waals surface area contributed by atoms with Crippen LogP contribution in [0, 0.1) is 5.95 Å². The van der Waals surface area contributed by atoms with E-state index in [0.29, 0.717) is 13.1 Å². The molecule has 1 saturated heterocycles. The molecule has 21 heavy (non-hydrogen) atoms. The van der Waals surface area contributed by atoms with Gasteiger partial charge in [0.2, 0.25) is 11.9 Å². The van der Waals surface area contributed by atoms with Gasteiger partial charge in [-0.05, 0) is 23.6 Å². The van der Waals surface area contributed by atoms with E-state index in [1.807, 2.05) is 17.5 Å². The van der Waals surface area contributed by atoms with Crippen molar-refractivity contribution in [2.75, 3.05) is 13.1 Å². The molecule has 0 saturated carbocycles. The highest BCUT2D eigenvalue weighted by Crippen LogP contribution is 2.28. The minimum absolute atomic E-state index is 0.202. The van der Waals surface area contributed by atoms with Gasteiger partial charge in [-0.3, -0.25) is 9.59 Å². The lowest BCUT2D eigenvalue weighted by Gasteiger charge is -2.34. The van der Waals surface area contributed by atoms with E-state index in [0.717, 1.165) is 10.9 Å². The number of nitrogens with zero attached hydrogens (tertiary/aromatic N) is 2. The van der Waals surface area contributed by atoms with Crippen molar-refractivity contribution in [3.8, 4) is 0 Å². The van der Waals surface area contributed by atoms with E-state index < -0.39 is 12.0 Å². The second-order valence-electron chi connectivity index (χ2n) is 4.58. The number of carbonyl (C=O) groups excluding carboxylic acids is 2. The number of pyridine rings is 1. The van der Waals surface area contributed by atoms with Crippen molar-refractivity contribution in [1.82, 2.24) is 15.2 Å². The van der Waals surface area contributed by atoms with Crippen LogP contribution in [0.4, 0.5) is 4.39 Å². The van der Waals surface area contributed by atoms with Crippen LogP contribution in [0.5, 0.6) is 0 Å². The van der Waals surface area contributed by atoms with Gasteiger partial charge >= 0.3 is 0 Å². The summed E-state index contributed by atoms with van der Waals surface area (Å²) >= 11 is 1.42. The normalized spacial score (nSPS) is 18.4. The van der Waals surface area contributed by atoms with Crippen LogP contribution < -0.4 is 5.32 Å². The van der Waals surface area contributed by atoms with Gasteiger partial charge < -0.3 is 10.2 Å². The highest BCUT2D eigenvalue weighted by molar-refractivity contribution is 7.10. The monoisotopic (exact) mass is 305 g/mol. The molecule has 2 aromatic heterocycles. The fourth-order valence-corrected chi connectivity index (χ4v) is 3.12. The lowest BCUT2D eigenvalue weighted by atomic mass is 10.1. The molecule has 5 nitrogen and oxygen atoms in total. The summed E-state index contributed by atoms with van der Waals surface area (Å²) in [4.78, 5) is 30.5. The molecule has 0 aliphatic carbocycles. The van der Waals surface area contributed by atoms with E-state index in [4.69, 9.17) is 0 Å². The Bertz CT molecular complexity index is 657. The van der Waals surface area contributed by atoms with Crippen LogP contribution in [0.3, 0.4) is 0 Å². The quantitative estimate of drug-likeness (QED) is 0.857. The van der Waals surface area contributed by atoms with E-state index in [1.165, 1.54) is 28.5 Å². The lowest BCUT2D eigenvalue weighted by molar-refractivity contribution is -0.127. The Labute approximate surface area is 124 Å². The first kappa shape index (κ1) is 13.7. The number of rotatable bonds is 2. The van der Waals surface area contributed by atoms with Crippen LogP contribution >= 0.6 is 11.3 Å². The average molecular weight is 305 g/mol. The van der Waals surface area contributed by atoms with Gasteiger partial charge in [-0.15, -0.1) is 11.3 Å². The standard InChI is InChI=1S/C14H12FN3O2S/c15-11-4-3-9(8-17-11)14(20)18-6-5-16-13(19)12(18)10-2-1-7-21-10/h1-4,7-8,12H,5-6H2,(H,16,19)/t12-/m1/s1. The molecular formula is C14H12FN3O2S. The fraction of sp³-hybridized carbons (Fsp3) is 0.214. The SMILES string of the molecule is O=C1NCCN(C(=O)c2ccc(F)nc2)[C@@H]1c1cccs1. The number of amides is 2. The summed E-state index contributed by atoms with van der Waals surface area (Å²) in [6.07, 6.45) is 1.19. The Morgan fingerprint density at radius 1 is 1.43 bits per heavy atom. The van der Waals surface area contributed by atoms with Gasteiger partial charge in [-0.25, -0.2) is 4.98 Å². The number of thiophene rings is 1. The molecule has 2 aromatic rings. The summed E-state index contributed by atoms with van der Waals surface area (Å²) in [6, 6.07) is 5.53. The number of hydrogen-bond donors (Lipinski definition) is 1. The van der Waals surface area contributed by atoms with Gasteiger partial charge in [0.1, 0.15) is 6.04 Å². The van der Waals surface area contributed by atoms with E-state index in [-0.39, 0.29) is 17.4 Å². The average Bonchev–Trinajstić information content (AvgIpc) is 3.01. The number of nitrogens with one attached hydrogen (secondary N) is 1. The van der Waals surface area contributed by atoms with Gasteiger partial charge in [0.25, 0.3) is 5.91 Å². The summed E-state index contributed by atoms with van der Waals surface area (Å²) < 4.78 is 12.9. The highest BCUT2D eigenvalue weighted by atomic mass is 32.1. The zero-order chi connectivity index (χ0) is 14.8. The topological polar surface area (TPSA) is 62.3 Å². The minimum atomic E-state index is -0.642. The van der Waals surface area contributed by atoms with Gasteiger partial charge in [0, 0.05) is 24.2 Å². The second kappa shape index (κ2) is 5.61. The third kappa shape index (κ3) is 2.64. The second-order valence-corrected chi connectivity index (χ2v) is 5.56. The Balaban J connectivity index is 1.92. The first-order valence-corrected chi connectivity index (χ1v) is 7.28.